The Morgan fingerprint density at radius 3 is 0.500 bits per heavy atom. The SMILES string of the molecule is [AlH3].[AlH3].[Ti].[Ti]. The average molecular weight is 156 g/mol. The molecule has 0 aliphatic rings. The molecule has 0 radical (unpaired) electrons. The Hall–Kier alpha value is 2.49. The second-order valence-corrected chi connectivity index (χ2v) is 0. The van der Waals surface area contributed by atoms with E-state index in [0.29, 0.717) is 0 Å². The molecule has 0 aromatic heterocycles. The van der Waals surface area contributed by atoms with E-state index in [9.17, 15) is 0 Å². The third kappa shape index (κ3) is 8.82. The molecule has 0 heterocycles. The summed E-state index contributed by atoms with van der Waals surface area (Å²) < 4.78 is 0. The molecule has 0 amide bonds. The van der Waals surface area contributed by atoms with Gasteiger partial charge < -0.3 is 0 Å². The Bertz CT molecular complexity index is 4.00. The average Bonchev–Trinajstić information content (AvgIpc) is 0. The molecule has 0 fully saturated rings. The molecular weight excluding hydrogens is 150 g/mol. The van der Waals surface area contributed by atoms with Gasteiger partial charge in [0, 0.05) is 43.4 Å². The van der Waals surface area contributed by atoms with Gasteiger partial charge in [-0.1, -0.05) is 0 Å². The summed E-state index contributed by atoms with van der Waals surface area (Å²) in [6, 6.07) is 0. The summed E-state index contributed by atoms with van der Waals surface area (Å²) in [5.74, 6) is 0. The summed E-state index contributed by atoms with van der Waals surface area (Å²) in [4.78, 5) is 0. The predicted octanol–water partition coefficient (Wildman–Crippen LogP) is -2.37. The van der Waals surface area contributed by atoms with Crippen LogP contribution in [0.3, 0.4) is 0 Å². The Labute approximate surface area is 77.1 Å². The van der Waals surface area contributed by atoms with E-state index >= 15 is 0 Å². The van der Waals surface area contributed by atoms with E-state index in [1.165, 1.54) is 0 Å². The topological polar surface area (TPSA) is 0 Å². The van der Waals surface area contributed by atoms with E-state index in [1.54, 1.807) is 0 Å². The van der Waals surface area contributed by atoms with Crippen molar-refractivity contribution in [3.63, 3.8) is 0 Å². The van der Waals surface area contributed by atoms with Gasteiger partial charge in [-0.3, -0.25) is 0 Å². The summed E-state index contributed by atoms with van der Waals surface area (Å²) >= 11 is 0. The van der Waals surface area contributed by atoms with Crippen LogP contribution in [0, 0.1) is 0 Å². The minimum absolute atomic E-state index is 0. The molecule has 0 saturated heterocycles. The maximum absolute atomic E-state index is 0. The molecule has 0 aromatic carbocycles. The van der Waals surface area contributed by atoms with Gasteiger partial charge in [0.2, 0.25) is 0 Å². The smallest absolute Gasteiger partial charge is 0 e. The van der Waals surface area contributed by atoms with Gasteiger partial charge in [-0.2, -0.15) is 0 Å². The fourth-order valence-corrected chi connectivity index (χ4v) is 0. The number of hydrogen-bond donors (Lipinski definition) is 0. The summed E-state index contributed by atoms with van der Waals surface area (Å²) in [5, 5.41) is 0. The van der Waals surface area contributed by atoms with Crippen molar-refractivity contribution < 1.29 is 43.4 Å². The molecule has 0 unspecified atom stereocenters. The predicted molar refractivity (Wildman–Crippen MR) is 19.9 cm³/mol. The van der Waals surface area contributed by atoms with Crippen LogP contribution < -0.4 is 0 Å². The molecule has 4 heavy (non-hydrogen) atoms. The van der Waals surface area contributed by atoms with Crippen LogP contribution in [0.1, 0.15) is 0 Å². The minimum Gasteiger partial charge on any atom is 0 e. The van der Waals surface area contributed by atoms with Crippen molar-refractivity contribution >= 4 is 34.7 Å². The fourth-order valence-electron chi connectivity index (χ4n) is 0. The van der Waals surface area contributed by atoms with E-state index < -0.39 is 0 Å². The molecule has 0 bridgehead atoms. The first kappa shape index (κ1) is 31.5. The molecule has 0 saturated carbocycles. The van der Waals surface area contributed by atoms with E-state index in [-0.39, 0.29) is 78.2 Å². The van der Waals surface area contributed by atoms with E-state index in [0.717, 1.165) is 0 Å². The second kappa shape index (κ2) is 17.8. The molecule has 0 nitrogen and oxygen atoms in total. The Morgan fingerprint density at radius 1 is 0.500 bits per heavy atom. The largest absolute Gasteiger partial charge is 0.187 e. The third-order valence-electron chi connectivity index (χ3n) is 0. The van der Waals surface area contributed by atoms with Crippen LogP contribution in [-0.4, -0.2) is 34.7 Å². The van der Waals surface area contributed by atoms with Crippen LogP contribution in [0.25, 0.3) is 0 Å². The monoisotopic (exact) mass is 156 g/mol. The van der Waals surface area contributed by atoms with E-state index in [4.69, 9.17) is 0 Å². The summed E-state index contributed by atoms with van der Waals surface area (Å²) in [7, 11) is 0. The van der Waals surface area contributed by atoms with Crippen molar-refractivity contribution in [1.82, 2.24) is 0 Å². The van der Waals surface area contributed by atoms with Crippen LogP contribution in [-0.2, 0) is 43.4 Å². The molecule has 0 aliphatic heterocycles. The summed E-state index contributed by atoms with van der Waals surface area (Å²) in [6.45, 7) is 0. The molecule has 0 aliphatic carbocycles. The van der Waals surface area contributed by atoms with Gasteiger partial charge in [0.05, 0.1) is 0 Å². The van der Waals surface area contributed by atoms with Crippen molar-refractivity contribution in [2.45, 2.75) is 0 Å². The van der Waals surface area contributed by atoms with Gasteiger partial charge in [-0.25, -0.2) is 0 Å². The molecular formula is H6Al2Ti2. The van der Waals surface area contributed by atoms with Crippen LogP contribution in [0.5, 0.6) is 0 Å². The van der Waals surface area contributed by atoms with E-state index in [2.05, 4.69) is 0 Å². The van der Waals surface area contributed by atoms with Gasteiger partial charge >= 0.3 is 0 Å². The van der Waals surface area contributed by atoms with E-state index in [1.807, 2.05) is 0 Å². The first-order valence-electron chi connectivity index (χ1n) is 0. The maximum Gasteiger partial charge on any atom is 0.187 e. The van der Waals surface area contributed by atoms with Gasteiger partial charge in [0.1, 0.15) is 0 Å². The summed E-state index contributed by atoms with van der Waals surface area (Å²) in [5.41, 5.74) is 0. The normalized spacial score (nSPS) is 0. The second-order valence-electron chi connectivity index (χ2n) is 0. The van der Waals surface area contributed by atoms with Gasteiger partial charge in [0.15, 0.2) is 34.7 Å². The minimum atomic E-state index is 0. The maximum atomic E-state index is 0. The van der Waals surface area contributed by atoms with Crippen LogP contribution in [0.15, 0.2) is 0 Å². The number of rotatable bonds is 0. The standard InChI is InChI=1S/2Al.2Ti.6H. The van der Waals surface area contributed by atoms with Crippen molar-refractivity contribution in [3.8, 4) is 0 Å². The Balaban J connectivity index is 0. The zero-order valence-electron chi connectivity index (χ0n) is 1.00. The molecule has 0 aromatic rings. The molecule has 0 spiro atoms. The quantitative estimate of drug-likeness (QED) is 0.343. The van der Waals surface area contributed by atoms with Crippen molar-refractivity contribution in [1.29, 1.82) is 0 Å². The van der Waals surface area contributed by atoms with Crippen molar-refractivity contribution in [3.05, 3.63) is 0 Å². The number of hydrogen-bond acceptors (Lipinski definition) is 0. The van der Waals surface area contributed by atoms with Crippen LogP contribution in [0.2, 0.25) is 0 Å². The Kier molecular flexibility index (Phi) is 141. The van der Waals surface area contributed by atoms with Crippen molar-refractivity contribution in [2.24, 2.45) is 0 Å². The van der Waals surface area contributed by atoms with Gasteiger partial charge in [0.25, 0.3) is 0 Å². The molecule has 20 valence electrons. The Morgan fingerprint density at radius 2 is 0.500 bits per heavy atom. The first-order chi connectivity index (χ1) is 0. The zero-order chi connectivity index (χ0) is 0. The van der Waals surface area contributed by atoms with Crippen molar-refractivity contribution in [2.75, 3.05) is 0 Å². The summed E-state index contributed by atoms with van der Waals surface area (Å²) in [6.07, 6.45) is 0. The first-order valence-corrected chi connectivity index (χ1v) is 0. The van der Waals surface area contributed by atoms with Gasteiger partial charge in [-0.05, 0) is 0 Å². The fraction of sp³-hybridized carbons (Fsp3) is 0. The van der Waals surface area contributed by atoms with Crippen LogP contribution in [0.4, 0.5) is 0 Å². The molecule has 0 N–H and O–H groups in total. The molecule has 4 heteroatoms. The zero-order valence-corrected chi connectivity index (χ0v) is 4.12. The molecule has 0 atom stereocenters. The third-order valence-corrected chi connectivity index (χ3v) is 0. The molecule has 0 rings (SSSR count). The van der Waals surface area contributed by atoms with Gasteiger partial charge in [-0.15, -0.1) is 0 Å². The van der Waals surface area contributed by atoms with Crippen LogP contribution >= 0.6 is 0 Å².